The van der Waals surface area contributed by atoms with Crippen LogP contribution in [-0.2, 0) is 24.5 Å². The highest BCUT2D eigenvalue weighted by molar-refractivity contribution is 6.74. The first-order valence-electron chi connectivity index (χ1n) is 16.0. The van der Waals surface area contributed by atoms with Crippen molar-refractivity contribution in [2.24, 2.45) is 11.8 Å². The van der Waals surface area contributed by atoms with Gasteiger partial charge in [-0.1, -0.05) is 66.0 Å². The van der Waals surface area contributed by atoms with Crippen molar-refractivity contribution in [2.45, 2.75) is 135 Å². The predicted molar refractivity (Wildman–Crippen MR) is 173 cm³/mol. The number of hydrogen-bond donors (Lipinski definition) is 1. The summed E-state index contributed by atoms with van der Waals surface area (Å²) in [5, 5.41) is 3.09. The van der Waals surface area contributed by atoms with E-state index >= 15 is 0 Å². The summed E-state index contributed by atoms with van der Waals surface area (Å²) in [5.74, 6) is 0.0707. The summed E-state index contributed by atoms with van der Waals surface area (Å²) in [6, 6.07) is 6.65. The third-order valence-corrected chi connectivity index (χ3v) is 14.4. The number of esters is 1. The normalized spacial score (nSPS) is 24.6. The molecule has 1 unspecified atom stereocenters. The molecule has 0 bridgehead atoms. The summed E-state index contributed by atoms with van der Waals surface area (Å²) in [5.41, 5.74) is -0.0952. The molecule has 1 aromatic rings. The van der Waals surface area contributed by atoms with E-state index in [4.69, 9.17) is 13.9 Å². The minimum atomic E-state index is -2.07. The number of nitrogens with one attached hydrogen (secondary N) is 1. The molecule has 43 heavy (non-hydrogen) atoms. The smallest absolute Gasteiger partial charge is 0.410 e. The van der Waals surface area contributed by atoms with E-state index in [9.17, 15) is 14.4 Å². The van der Waals surface area contributed by atoms with Crippen LogP contribution in [0.5, 0.6) is 5.75 Å². The van der Waals surface area contributed by atoms with Crippen LogP contribution in [0, 0.1) is 11.8 Å². The van der Waals surface area contributed by atoms with Gasteiger partial charge >= 0.3 is 12.1 Å². The van der Waals surface area contributed by atoms with Crippen LogP contribution in [0.2, 0.25) is 18.1 Å². The molecular formula is C34H56N2O6Si. The Kier molecular flexibility index (Phi) is 10.7. The highest BCUT2D eigenvalue weighted by Gasteiger charge is 2.49. The molecular weight excluding hydrogens is 560 g/mol. The number of hydrogen-bond acceptors (Lipinski definition) is 6. The van der Waals surface area contributed by atoms with Gasteiger partial charge in [0.15, 0.2) is 0 Å². The molecule has 0 radical (unpaired) electrons. The minimum absolute atomic E-state index is 0.0122. The molecule has 1 saturated heterocycles. The zero-order valence-corrected chi connectivity index (χ0v) is 29.5. The molecule has 2 aliphatic rings. The molecule has 8 nitrogen and oxygen atoms in total. The molecule has 1 aromatic carbocycles. The van der Waals surface area contributed by atoms with E-state index in [0.29, 0.717) is 13.0 Å². The van der Waals surface area contributed by atoms with Crippen LogP contribution in [0.1, 0.15) is 99.5 Å². The molecule has 9 heteroatoms. The van der Waals surface area contributed by atoms with Crippen molar-refractivity contribution in [1.82, 2.24) is 10.2 Å². The number of carbonyl (C=O) groups is 3. The second-order valence-corrected chi connectivity index (χ2v) is 20.2. The third kappa shape index (κ3) is 8.34. The van der Waals surface area contributed by atoms with Gasteiger partial charge in [0.05, 0.1) is 7.11 Å². The van der Waals surface area contributed by atoms with Crippen molar-refractivity contribution < 1.29 is 28.3 Å². The van der Waals surface area contributed by atoms with E-state index in [2.05, 4.69) is 65.2 Å². The van der Waals surface area contributed by atoms with E-state index in [1.54, 1.807) is 4.90 Å². The number of methoxy groups -OCH3 is 1. The number of carbonyl (C=O) groups excluding carboxylic acids is 3. The Labute approximate surface area is 260 Å². The maximum absolute atomic E-state index is 14.2. The van der Waals surface area contributed by atoms with Crippen LogP contribution in [0.4, 0.5) is 4.79 Å². The zero-order chi connectivity index (χ0) is 32.4. The SMILES string of the molecule is COC(=O)C(NC(=O)[C@H]1C[C@@](C)(c2cccc(O[Si](C)(C)C(C)(C)C)c2)[C@@H](C)CN1C(=O)OC(C)(C)C)C1CCCCC1. The Balaban J connectivity index is 1.98. The van der Waals surface area contributed by atoms with E-state index < -0.39 is 43.5 Å². The average Bonchev–Trinajstić information content (AvgIpc) is 2.91. The van der Waals surface area contributed by atoms with Crippen LogP contribution in [-0.4, -0.2) is 62.5 Å². The average molecular weight is 617 g/mol. The molecule has 1 N–H and O–H groups in total. The fraction of sp³-hybridized carbons (Fsp3) is 0.735. The molecule has 2 amide bonds. The summed E-state index contributed by atoms with van der Waals surface area (Å²) >= 11 is 0. The number of piperidine rings is 1. The van der Waals surface area contributed by atoms with Crippen LogP contribution in [0.25, 0.3) is 0 Å². The van der Waals surface area contributed by atoms with E-state index in [1.807, 2.05) is 32.9 Å². The van der Waals surface area contributed by atoms with Crippen molar-refractivity contribution in [1.29, 1.82) is 0 Å². The maximum Gasteiger partial charge on any atom is 0.410 e. The fourth-order valence-electron chi connectivity index (χ4n) is 6.07. The van der Waals surface area contributed by atoms with Gasteiger partial charge in [0.1, 0.15) is 23.4 Å². The molecule has 1 saturated carbocycles. The highest BCUT2D eigenvalue weighted by Crippen LogP contribution is 2.44. The Morgan fingerprint density at radius 3 is 2.23 bits per heavy atom. The molecule has 1 aliphatic carbocycles. The van der Waals surface area contributed by atoms with Crippen LogP contribution in [0.15, 0.2) is 24.3 Å². The number of rotatable bonds is 7. The molecule has 2 fully saturated rings. The van der Waals surface area contributed by atoms with Crippen LogP contribution < -0.4 is 9.74 Å². The molecule has 0 aromatic heterocycles. The molecule has 0 spiro atoms. The number of ether oxygens (including phenoxy) is 2. The highest BCUT2D eigenvalue weighted by atomic mass is 28.4. The Bertz CT molecular complexity index is 1150. The number of nitrogens with zero attached hydrogens (tertiary/aromatic N) is 1. The molecule has 1 heterocycles. The van der Waals surface area contributed by atoms with Crippen molar-refractivity contribution in [3.8, 4) is 5.75 Å². The summed E-state index contributed by atoms with van der Waals surface area (Å²) in [4.78, 5) is 42.1. The monoisotopic (exact) mass is 616 g/mol. The molecule has 242 valence electrons. The van der Waals surface area contributed by atoms with E-state index in [1.165, 1.54) is 7.11 Å². The zero-order valence-electron chi connectivity index (χ0n) is 28.5. The molecule has 3 rings (SSSR count). The lowest BCUT2D eigenvalue weighted by Crippen LogP contribution is -2.62. The van der Waals surface area contributed by atoms with Crippen LogP contribution in [0.3, 0.4) is 0 Å². The van der Waals surface area contributed by atoms with Gasteiger partial charge in [-0.3, -0.25) is 9.69 Å². The topological polar surface area (TPSA) is 94.2 Å². The number of benzene rings is 1. The fourth-order valence-corrected chi connectivity index (χ4v) is 7.09. The predicted octanol–water partition coefficient (Wildman–Crippen LogP) is 7.21. The first kappa shape index (κ1) is 34.9. The number of amides is 2. The first-order chi connectivity index (χ1) is 19.8. The Morgan fingerprint density at radius 2 is 1.67 bits per heavy atom. The van der Waals surface area contributed by atoms with Gasteiger partial charge < -0.3 is 19.2 Å². The van der Waals surface area contributed by atoms with Gasteiger partial charge in [-0.15, -0.1) is 0 Å². The van der Waals surface area contributed by atoms with Gasteiger partial charge in [-0.05, 0) is 93.1 Å². The lowest BCUT2D eigenvalue weighted by Gasteiger charge is -2.49. The van der Waals surface area contributed by atoms with Gasteiger partial charge in [-0.2, -0.15) is 0 Å². The van der Waals surface area contributed by atoms with E-state index in [0.717, 1.165) is 43.4 Å². The second kappa shape index (κ2) is 13.2. The van der Waals surface area contributed by atoms with Gasteiger partial charge in [0, 0.05) is 6.54 Å². The number of likely N-dealkylation sites (tertiary alicyclic amines) is 1. The van der Waals surface area contributed by atoms with E-state index in [-0.39, 0.29) is 22.8 Å². The van der Waals surface area contributed by atoms with Gasteiger partial charge in [0.25, 0.3) is 0 Å². The molecule has 1 aliphatic heterocycles. The van der Waals surface area contributed by atoms with Gasteiger partial charge in [-0.25, -0.2) is 9.59 Å². The van der Waals surface area contributed by atoms with Crippen molar-refractivity contribution in [2.75, 3.05) is 13.7 Å². The first-order valence-corrected chi connectivity index (χ1v) is 18.9. The summed E-state index contributed by atoms with van der Waals surface area (Å²) in [6.45, 7) is 21.2. The minimum Gasteiger partial charge on any atom is -0.543 e. The lowest BCUT2D eigenvalue weighted by molar-refractivity contribution is -0.148. The second-order valence-electron chi connectivity index (χ2n) is 15.5. The van der Waals surface area contributed by atoms with Crippen molar-refractivity contribution in [3.63, 3.8) is 0 Å². The lowest BCUT2D eigenvalue weighted by atomic mass is 9.65. The quantitative estimate of drug-likeness (QED) is 0.257. The van der Waals surface area contributed by atoms with Crippen molar-refractivity contribution in [3.05, 3.63) is 29.8 Å². The Morgan fingerprint density at radius 1 is 1.05 bits per heavy atom. The Hall–Kier alpha value is -2.55. The summed E-state index contributed by atoms with van der Waals surface area (Å²) in [7, 11) is -0.710. The standard InChI is InChI=1S/C34H56N2O6Si/c1-23-22-36(31(39)41-32(2,3)4)27(29(37)35-28(30(38)40-9)24-16-13-12-14-17-24)21-34(23,8)25-18-15-19-26(20-25)42-43(10,11)33(5,6)7/h15,18-20,23-24,27-28H,12-14,16-17,21-22H2,1-11H3,(H,35,37)/t23-,27+,28?,34+/m0/s1. The summed E-state index contributed by atoms with van der Waals surface area (Å²) in [6.07, 6.45) is 4.73. The molecule has 4 atom stereocenters. The largest absolute Gasteiger partial charge is 0.543 e. The third-order valence-electron chi connectivity index (χ3n) is 10.0. The maximum atomic E-state index is 14.2. The van der Waals surface area contributed by atoms with Crippen molar-refractivity contribution >= 4 is 26.3 Å². The van der Waals surface area contributed by atoms with Crippen LogP contribution >= 0.6 is 0 Å². The van der Waals surface area contributed by atoms with Gasteiger partial charge in [0.2, 0.25) is 14.2 Å². The summed E-state index contributed by atoms with van der Waals surface area (Å²) < 4.78 is 17.6.